The molecule has 246 valence electrons. The summed E-state index contributed by atoms with van der Waals surface area (Å²) in [7, 11) is 0. The molecule has 10 rings (SSSR count). The molecule has 0 amide bonds. The Kier molecular flexibility index (Phi) is 7.27. The van der Waals surface area contributed by atoms with Crippen molar-refractivity contribution < 1.29 is 0 Å². The van der Waals surface area contributed by atoms with Crippen LogP contribution < -0.4 is 0 Å². The van der Waals surface area contributed by atoms with Crippen molar-refractivity contribution in [1.82, 2.24) is 0 Å². The maximum Gasteiger partial charge on any atom is 0.0448 e. The van der Waals surface area contributed by atoms with Gasteiger partial charge < -0.3 is 0 Å². The van der Waals surface area contributed by atoms with Gasteiger partial charge in [-0.2, -0.15) is 0 Å². The van der Waals surface area contributed by atoms with E-state index in [1.165, 1.54) is 103 Å². The van der Waals surface area contributed by atoms with E-state index in [0.717, 1.165) is 23.7 Å². The minimum absolute atomic E-state index is 0.381. The van der Waals surface area contributed by atoms with Gasteiger partial charge in [0.15, 0.2) is 0 Å². The highest BCUT2D eigenvalue weighted by Gasteiger charge is 2.58. The quantitative estimate of drug-likeness (QED) is 0.161. The van der Waals surface area contributed by atoms with E-state index in [1.54, 1.807) is 11.1 Å². The molecule has 3 saturated carbocycles. The van der Waals surface area contributed by atoms with Crippen LogP contribution in [0.15, 0.2) is 108 Å². The van der Waals surface area contributed by atoms with Gasteiger partial charge in [-0.05, 0) is 161 Å². The molecule has 4 aliphatic rings. The molecule has 0 nitrogen and oxygen atoms in total. The first-order chi connectivity index (χ1) is 24.0. The maximum atomic E-state index is 2.70. The molecule has 0 bridgehead atoms. The van der Waals surface area contributed by atoms with Gasteiger partial charge in [0.2, 0.25) is 0 Å². The fraction of sp³-hybridized carbons (Fsp3) is 0.348. The number of benzene rings is 3. The summed E-state index contributed by atoms with van der Waals surface area (Å²) in [5, 5.41) is 7.59. The van der Waals surface area contributed by atoms with Gasteiger partial charge in [0.1, 0.15) is 0 Å². The van der Waals surface area contributed by atoms with Gasteiger partial charge in [-0.3, -0.25) is 0 Å². The predicted molar refractivity (Wildman–Crippen MR) is 215 cm³/mol. The number of fused-ring (bicyclic) bond motifs is 7. The Hall–Kier alpha value is -3.24. The van der Waals surface area contributed by atoms with E-state index in [1.807, 2.05) is 34.0 Å². The summed E-state index contributed by atoms with van der Waals surface area (Å²) in [6.07, 6.45) is 16.1. The Morgan fingerprint density at radius 3 is 2.27 bits per heavy atom. The highest BCUT2D eigenvalue weighted by molar-refractivity contribution is 7.21. The van der Waals surface area contributed by atoms with Gasteiger partial charge in [0.05, 0.1) is 0 Å². The number of hydrogen-bond acceptors (Lipinski definition) is 3. The average molecular weight is 693 g/mol. The summed E-state index contributed by atoms with van der Waals surface area (Å²) in [5.41, 5.74) is 5.60. The Morgan fingerprint density at radius 1 is 0.694 bits per heavy atom. The minimum Gasteiger partial charge on any atom is -0.143 e. The first-order valence-corrected chi connectivity index (χ1v) is 21.0. The van der Waals surface area contributed by atoms with Gasteiger partial charge in [-0.25, -0.2) is 0 Å². The summed E-state index contributed by atoms with van der Waals surface area (Å²) in [4.78, 5) is 7.17. The lowest BCUT2D eigenvalue weighted by atomic mass is 9.45. The summed E-state index contributed by atoms with van der Waals surface area (Å²) in [5.74, 6) is 3.42. The first-order valence-electron chi connectivity index (χ1n) is 18.5. The van der Waals surface area contributed by atoms with Crippen LogP contribution in [0.4, 0.5) is 0 Å². The Morgan fingerprint density at radius 2 is 1.47 bits per heavy atom. The van der Waals surface area contributed by atoms with Crippen LogP contribution in [0.1, 0.15) is 75.0 Å². The van der Waals surface area contributed by atoms with Crippen molar-refractivity contribution in [3.8, 4) is 20.2 Å². The van der Waals surface area contributed by atoms with Crippen molar-refractivity contribution in [2.24, 2.45) is 34.5 Å². The fourth-order valence-corrected chi connectivity index (χ4v) is 14.2. The van der Waals surface area contributed by atoms with Crippen molar-refractivity contribution in [3.63, 3.8) is 0 Å². The highest BCUT2D eigenvalue weighted by atomic mass is 32.1. The normalized spacial score (nSPS) is 30.3. The van der Waals surface area contributed by atoms with E-state index >= 15 is 0 Å². The van der Waals surface area contributed by atoms with Gasteiger partial charge >= 0.3 is 0 Å². The van der Waals surface area contributed by atoms with Crippen LogP contribution in [-0.2, 0) is 0 Å². The monoisotopic (exact) mass is 692 g/mol. The van der Waals surface area contributed by atoms with Gasteiger partial charge in [-0.15, -0.1) is 34.0 Å². The molecule has 49 heavy (non-hydrogen) atoms. The molecule has 0 unspecified atom stereocenters. The van der Waals surface area contributed by atoms with Crippen LogP contribution >= 0.6 is 34.0 Å². The molecule has 0 N–H and O–H groups in total. The van der Waals surface area contributed by atoms with Crippen LogP contribution in [0.3, 0.4) is 0 Å². The van der Waals surface area contributed by atoms with E-state index < -0.39 is 0 Å². The summed E-state index contributed by atoms with van der Waals surface area (Å²) >= 11 is 5.86. The molecule has 0 aliphatic heterocycles. The lowest BCUT2D eigenvalue weighted by molar-refractivity contribution is -0.0793. The maximum absolute atomic E-state index is 2.70. The van der Waals surface area contributed by atoms with Crippen molar-refractivity contribution in [3.05, 3.63) is 118 Å². The molecule has 0 radical (unpaired) electrons. The first kappa shape index (κ1) is 30.6. The van der Waals surface area contributed by atoms with Gasteiger partial charge in [0, 0.05) is 29.9 Å². The van der Waals surface area contributed by atoms with E-state index in [9.17, 15) is 0 Å². The molecule has 6 atom stereocenters. The molecule has 3 aromatic carbocycles. The zero-order chi connectivity index (χ0) is 32.7. The molecule has 4 aliphatic carbocycles. The second-order valence-electron chi connectivity index (χ2n) is 16.0. The minimum atomic E-state index is 0.381. The predicted octanol–water partition coefficient (Wildman–Crippen LogP) is 14.6. The van der Waals surface area contributed by atoms with Crippen LogP contribution in [-0.4, -0.2) is 0 Å². The second kappa shape index (κ2) is 11.7. The average Bonchev–Trinajstić information content (AvgIpc) is 3.95. The molecule has 0 saturated heterocycles. The smallest absolute Gasteiger partial charge is 0.0448 e. The van der Waals surface area contributed by atoms with Gasteiger partial charge in [0.25, 0.3) is 0 Å². The number of hydrogen-bond donors (Lipinski definition) is 0. The Balaban J connectivity index is 0.910. The van der Waals surface area contributed by atoms with Crippen molar-refractivity contribution >= 4 is 67.2 Å². The molecule has 0 spiro atoms. The van der Waals surface area contributed by atoms with Crippen LogP contribution in [0.25, 0.3) is 53.4 Å². The second-order valence-corrected chi connectivity index (χ2v) is 19.1. The standard InChI is InChI=1S/C46H44S3/c1-45-23-21-31(40-19-20-43(49-40)44-35-10-5-3-8-29(35)26-30-9-4-6-11-36(30)44)27-32(45)13-16-37-38-17-14-33(46(38,2)24-22-39(37)45)28-34-15-18-42(48-34)41-12-7-25-47-41/h3-12,15,18-21,25-26,28,32,37-39H,13-14,16-17,22-24,27H2,1-2H3/b33-28+/t32-,37-,38-,39-,45-,46+/m0/s1. The van der Waals surface area contributed by atoms with Crippen LogP contribution in [0, 0.1) is 34.5 Å². The third-order valence-electron chi connectivity index (χ3n) is 13.8. The van der Waals surface area contributed by atoms with E-state index in [0.29, 0.717) is 10.8 Å². The van der Waals surface area contributed by atoms with Gasteiger partial charge in [-0.1, -0.05) is 80.1 Å². The van der Waals surface area contributed by atoms with Crippen molar-refractivity contribution in [2.45, 2.75) is 65.2 Å². The number of thiophene rings is 3. The number of allylic oxidation sites excluding steroid dienone is 3. The molecule has 3 heterocycles. The SMILES string of the molecule is C[C@]12CC=C(c3ccc(-c4c5ccccc5cc5ccccc45)s3)C[C@@H]1CC[C@@H]1[C@@H]2CC[C@]2(C)/C(=C/c3ccc(-c4cccs4)s3)CC[C@@H]12. The van der Waals surface area contributed by atoms with Crippen LogP contribution in [0.2, 0.25) is 0 Å². The fourth-order valence-electron chi connectivity index (χ4n) is 11.2. The number of rotatable bonds is 4. The van der Waals surface area contributed by atoms with E-state index in [2.05, 4.69) is 122 Å². The molecular formula is C46H44S3. The summed E-state index contributed by atoms with van der Waals surface area (Å²) in [6, 6.07) is 34.2. The molecule has 3 aromatic heterocycles. The third-order valence-corrected chi connectivity index (χ3v) is 17.1. The zero-order valence-electron chi connectivity index (χ0n) is 28.6. The lowest BCUT2D eigenvalue weighted by Crippen LogP contribution is -2.51. The Bertz CT molecular complexity index is 2200. The van der Waals surface area contributed by atoms with Crippen LogP contribution in [0.5, 0.6) is 0 Å². The Labute approximate surface area is 303 Å². The largest absolute Gasteiger partial charge is 0.143 e. The van der Waals surface area contributed by atoms with Crippen molar-refractivity contribution in [2.75, 3.05) is 0 Å². The van der Waals surface area contributed by atoms with Crippen molar-refractivity contribution in [1.29, 1.82) is 0 Å². The molecule has 3 fully saturated rings. The zero-order valence-corrected chi connectivity index (χ0v) is 31.0. The summed E-state index contributed by atoms with van der Waals surface area (Å²) < 4.78 is 0. The lowest BCUT2D eigenvalue weighted by Gasteiger charge is -2.59. The molecule has 6 aromatic rings. The van der Waals surface area contributed by atoms with E-state index in [4.69, 9.17) is 0 Å². The topological polar surface area (TPSA) is 0 Å². The summed E-state index contributed by atoms with van der Waals surface area (Å²) in [6.45, 7) is 5.36. The molecule has 3 heteroatoms. The van der Waals surface area contributed by atoms with E-state index in [-0.39, 0.29) is 0 Å². The highest BCUT2D eigenvalue weighted by Crippen LogP contribution is 2.68. The third kappa shape index (κ3) is 4.86. The molecular weight excluding hydrogens is 649 g/mol.